The predicted molar refractivity (Wildman–Crippen MR) is 61.5 cm³/mol. The molecule has 0 saturated heterocycles. The molecular weight excluding hydrogens is 188 g/mol. The minimum atomic E-state index is -0.352. The van der Waals surface area contributed by atoms with Crippen LogP contribution in [0.25, 0.3) is 0 Å². The van der Waals surface area contributed by atoms with Crippen molar-refractivity contribution in [1.29, 1.82) is 0 Å². The lowest BCUT2D eigenvalue weighted by atomic mass is 9.90. The Bertz CT molecular complexity index is 283. The minimum absolute atomic E-state index is 0.352. The Labute approximate surface area is 92.1 Å². The Hall–Kier alpha value is -0.830. The second-order valence-electron chi connectivity index (χ2n) is 4.20. The van der Waals surface area contributed by atoms with E-state index < -0.39 is 0 Å². The molecule has 1 rings (SSSR count). The van der Waals surface area contributed by atoms with E-state index in [1.165, 1.54) is 12.8 Å². The van der Waals surface area contributed by atoms with E-state index in [0.717, 1.165) is 18.4 Å². The van der Waals surface area contributed by atoms with Crippen LogP contribution < -0.4 is 0 Å². The molecule has 2 atom stereocenters. The average molecular weight is 210 g/mol. The zero-order valence-corrected chi connectivity index (χ0v) is 9.98. The van der Waals surface area contributed by atoms with E-state index in [0.29, 0.717) is 5.92 Å². The highest BCUT2D eigenvalue weighted by Crippen LogP contribution is 2.28. The van der Waals surface area contributed by atoms with E-state index >= 15 is 0 Å². The molecule has 0 aromatic carbocycles. The Balaban J connectivity index is 2.59. The van der Waals surface area contributed by atoms with Crippen LogP contribution in [-0.4, -0.2) is 14.9 Å². The highest BCUT2D eigenvalue weighted by Gasteiger charge is 2.19. The van der Waals surface area contributed by atoms with Crippen LogP contribution in [0.15, 0.2) is 12.4 Å². The van der Waals surface area contributed by atoms with Gasteiger partial charge in [0.2, 0.25) is 0 Å². The third-order valence-corrected chi connectivity index (χ3v) is 2.97. The monoisotopic (exact) mass is 210 g/mol. The molecule has 1 aromatic heterocycles. The summed E-state index contributed by atoms with van der Waals surface area (Å²) in [6.07, 6.45) is 7.82. The van der Waals surface area contributed by atoms with Crippen LogP contribution in [0.1, 0.15) is 51.2 Å². The molecule has 1 N–H and O–H groups in total. The van der Waals surface area contributed by atoms with Gasteiger partial charge in [0.25, 0.3) is 0 Å². The molecule has 15 heavy (non-hydrogen) atoms. The summed E-state index contributed by atoms with van der Waals surface area (Å²) >= 11 is 0. The molecule has 0 saturated carbocycles. The molecule has 86 valence electrons. The Kier molecular flexibility index (Phi) is 4.82. The third kappa shape index (κ3) is 3.34. The molecule has 0 radical (unpaired) electrons. The number of hydrogen-bond acceptors (Lipinski definition) is 2. The number of aromatic nitrogens is 2. The van der Waals surface area contributed by atoms with Crippen molar-refractivity contribution in [1.82, 2.24) is 9.78 Å². The summed E-state index contributed by atoms with van der Waals surface area (Å²) in [7, 11) is 1.88. The van der Waals surface area contributed by atoms with E-state index in [4.69, 9.17) is 0 Å². The van der Waals surface area contributed by atoms with Gasteiger partial charge in [-0.25, -0.2) is 0 Å². The standard InChI is InChI=1S/C12H22N2O/c1-4-6-7-10(5-2)12(15)11-8-13-14(3)9-11/h8-10,12,15H,4-7H2,1-3H3. The van der Waals surface area contributed by atoms with Gasteiger partial charge in [-0.3, -0.25) is 4.68 Å². The lowest BCUT2D eigenvalue weighted by molar-refractivity contribution is 0.0988. The molecule has 1 heterocycles. The summed E-state index contributed by atoms with van der Waals surface area (Å²) in [6, 6.07) is 0. The summed E-state index contributed by atoms with van der Waals surface area (Å²) in [5.74, 6) is 0.370. The Morgan fingerprint density at radius 1 is 1.47 bits per heavy atom. The maximum Gasteiger partial charge on any atom is 0.0848 e. The van der Waals surface area contributed by atoms with Gasteiger partial charge >= 0.3 is 0 Å². The first-order chi connectivity index (χ1) is 7.19. The highest BCUT2D eigenvalue weighted by molar-refractivity contribution is 5.08. The Morgan fingerprint density at radius 2 is 2.20 bits per heavy atom. The number of nitrogens with zero attached hydrogens (tertiary/aromatic N) is 2. The SMILES string of the molecule is CCCCC(CC)C(O)c1cnn(C)c1. The van der Waals surface area contributed by atoms with E-state index in [1.807, 2.05) is 13.2 Å². The van der Waals surface area contributed by atoms with Gasteiger partial charge in [0, 0.05) is 18.8 Å². The van der Waals surface area contributed by atoms with E-state index in [-0.39, 0.29) is 6.10 Å². The van der Waals surface area contributed by atoms with Crippen LogP contribution in [0, 0.1) is 5.92 Å². The first-order valence-electron chi connectivity index (χ1n) is 5.85. The van der Waals surface area contributed by atoms with Gasteiger partial charge in [-0.2, -0.15) is 5.10 Å². The number of hydrogen-bond donors (Lipinski definition) is 1. The van der Waals surface area contributed by atoms with Gasteiger partial charge in [0.05, 0.1) is 12.3 Å². The first-order valence-corrected chi connectivity index (χ1v) is 5.85. The summed E-state index contributed by atoms with van der Waals surface area (Å²) in [5.41, 5.74) is 0.945. The van der Waals surface area contributed by atoms with Crippen molar-refractivity contribution < 1.29 is 5.11 Å². The first kappa shape index (κ1) is 12.2. The molecule has 3 nitrogen and oxygen atoms in total. The topological polar surface area (TPSA) is 38.1 Å². The molecule has 0 aliphatic heterocycles. The molecule has 2 unspecified atom stereocenters. The second kappa shape index (κ2) is 5.91. The van der Waals surface area contributed by atoms with E-state index in [9.17, 15) is 5.11 Å². The molecule has 0 aliphatic rings. The normalized spacial score (nSPS) is 15.2. The van der Waals surface area contributed by atoms with Crippen LogP contribution in [-0.2, 0) is 7.05 Å². The lowest BCUT2D eigenvalue weighted by Gasteiger charge is -2.20. The van der Waals surface area contributed by atoms with Crippen molar-refractivity contribution in [2.24, 2.45) is 13.0 Å². The lowest BCUT2D eigenvalue weighted by Crippen LogP contribution is -2.11. The van der Waals surface area contributed by atoms with Crippen LogP contribution in [0.4, 0.5) is 0 Å². The fourth-order valence-corrected chi connectivity index (χ4v) is 1.92. The van der Waals surface area contributed by atoms with Gasteiger partial charge in [-0.1, -0.05) is 33.1 Å². The summed E-state index contributed by atoms with van der Waals surface area (Å²) in [6.45, 7) is 4.32. The van der Waals surface area contributed by atoms with Crippen molar-refractivity contribution >= 4 is 0 Å². The number of aryl methyl sites for hydroxylation is 1. The Morgan fingerprint density at radius 3 is 2.67 bits per heavy atom. The molecule has 0 bridgehead atoms. The zero-order valence-electron chi connectivity index (χ0n) is 9.98. The number of aliphatic hydroxyl groups excluding tert-OH is 1. The smallest absolute Gasteiger partial charge is 0.0848 e. The summed E-state index contributed by atoms with van der Waals surface area (Å²) < 4.78 is 1.74. The maximum atomic E-state index is 10.2. The van der Waals surface area contributed by atoms with Crippen molar-refractivity contribution in [2.45, 2.75) is 45.6 Å². The number of rotatable bonds is 6. The zero-order chi connectivity index (χ0) is 11.3. The highest BCUT2D eigenvalue weighted by atomic mass is 16.3. The van der Waals surface area contributed by atoms with Gasteiger partial charge in [-0.15, -0.1) is 0 Å². The average Bonchev–Trinajstić information content (AvgIpc) is 2.65. The fraction of sp³-hybridized carbons (Fsp3) is 0.750. The van der Waals surface area contributed by atoms with Crippen molar-refractivity contribution in [3.63, 3.8) is 0 Å². The van der Waals surface area contributed by atoms with Gasteiger partial charge in [0.15, 0.2) is 0 Å². The van der Waals surface area contributed by atoms with Crippen molar-refractivity contribution in [3.8, 4) is 0 Å². The maximum absolute atomic E-state index is 10.2. The van der Waals surface area contributed by atoms with Crippen molar-refractivity contribution in [3.05, 3.63) is 18.0 Å². The van der Waals surface area contributed by atoms with Crippen LogP contribution in [0.2, 0.25) is 0 Å². The van der Waals surface area contributed by atoms with Crippen LogP contribution in [0.3, 0.4) is 0 Å². The van der Waals surface area contributed by atoms with Gasteiger partial charge in [-0.05, 0) is 12.3 Å². The summed E-state index contributed by atoms with van der Waals surface area (Å²) in [4.78, 5) is 0. The number of aliphatic hydroxyl groups is 1. The molecule has 0 fully saturated rings. The quantitative estimate of drug-likeness (QED) is 0.784. The molecule has 1 aromatic rings. The van der Waals surface area contributed by atoms with Crippen molar-refractivity contribution in [2.75, 3.05) is 0 Å². The molecule has 0 spiro atoms. The summed E-state index contributed by atoms with van der Waals surface area (Å²) in [5, 5.41) is 14.3. The van der Waals surface area contributed by atoms with E-state index in [2.05, 4.69) is 18.9 Å². The third-order valence-electron chi connectivity index (χ3n) is 2.97. The minimum Gasteiger partial charge on any atom is -0.388 e. The van der Waals surface area contributed by atoms with Gasteiger partial charge in [0.1, 0.15) is 0 Å². The van der Waals surface area contributed by atoms with Gasteiger partial charge < -0.3 is 5.11 Å². The van der Waals surface area contributed by atoms with E-state index in [1.54, 1.807) is 10.9 Å². The molecule has 3 heteroatoms. The van der Waals surface area contributed by atoms with Crippen LogP contribution in [0.5, 0.6) is 0 Å². The second-order valence-corrected chi connectivity index (χ2v) is 4.20. The molecule has 0 amide bonds. The fourth-order valence-electron chi connectivity index (χ4n) is 1.92. The predicted octanol–water partition coefficient (Wildman–Crippen LogP) is 2.67. The van der Waals surface area contributed by atoms with Crippen LogP contribution >= 0.6 is 0 Å². The number of unbranched alkanes of at least 4 members (excludes halogenated alkanes) is 1. The largest absolute Gasteiger partial charge is 0.388 e. The molecule has 0 aliphatic carbocycles. The molecular formula is C12H22N2O.